The number of hydrogen-bond donors (Lipinski definition) is 2. The van der Waals surface area contributed by atoms with Crippen molar-refractivity contribution in [2.45, 2.75) is 70.3 Å². The van der Waals surface area contributed by atoms with Crippen LogP contribution in [0.3, 0.4) is 0 Å². The largest absolute Gasteiger partial charge is 0.386 e. The Bertz CT molecular complexity index is 367. The molecule has 21 heavy (non-hydrogen) atoms. The maximum atomic E-state index is 11.3. The first-order valence-corrected chi connectivity index (χ1v) is 8.08. The predicted octanol–water partition coefficient (Wildman–Crippen LogP) is 2.18. The normalized spacial score (nSPS) is 16.0. The first kappa shape index (κ1) is 17.9. The van der Waals surface area contributed by atoms with E-state index < -0.39 is 11.9 Å². The van der Waals surface area contributed by atoms with E-state index in [2.05, 4.69) is 4.74 Å². The zero-order valence-electron chi connectivity index (χ0n) is 12.8. The Balaban J connectivity index is 1.96. The van der Waals surface area contributed by atoms with Crippen LogP contribution in [0.15, 0.2) is 11.6 Å². The molecule has 5 heteroatoms. The zero-order chi connectivity index (χ0) is 15.5. The average Bonchev–Trinajstić information content (AvgIpc) is 2.79. The van der Waals surface area contributed by atoms with Crippen LogP contribution in [0.2, 0.25) is 0 Å². The van der Waals surface area contributed by atoms with Crippen LogP contribution < -0.4 is 11.5 Å². The third-order valence-corrected chi connectivity index (χ3v) is 3.82. The van der Waals surface area contributed by atoms with Gasteiger partial charge in [0.2, 0.25) is 0 Å². The van der Waals surface area contributed by atoms with Crippen molar-refractivity contribution in [3.8, 4) is 0 Å². The summed E-state index contributed by atoms with van der Waals surface area (Å²) in [5.74, 6) is -1.18. The lowest BCUT2D eigenvalue weighted by Gasteiger charge is -2.10. The third-order valence-electron chi connectivity index (χ3n) is 3.82. The summed E-state index contributed by atoms with van der Waals surface area (Å²) in [6, 6.07) is -0.375. The molecule has 0 aromatic rings. The molecule has 0 aliphatic carbocycles. The zero-order valence-corrected chi connectivity index (χ0v) is 12.8. The topological polar surface area (TPSA) is 95.4 Å². The van der Waals surface area contributed by atoms with Gasteiger partial charge in [-0.1, -0.05) is 51.4 Å². The lowest BCUT2D eigenvalue weighted by Crippen LogP contribution is -2.25. The molecular formula is C16H28N2O3. The van der Waals surface area contributed by atoms with E-state index in [9.17, 15) is 9.59 Å². The number of rotatable bonds is 12. The van der Waals surface area contributed by atoms with Crippen molar-refractivity contribution in [3.63, 3.8) is 0 Å². The van der Waals surface area contributed by atoms with Gasteiger partial charge >= 0.3 is 11.9 Å². The van der Waals surface area contributed by atoms with Gasteiger partial charge < -0.3 is 16.2 Å². The molecule has 5 nitrogen and oxygen atoms in total. The fourth-order valence-electron chi connectivity index (χ4n) is 2.53. The van der Waals surface area contributed by atoms with Crippen LogP contribution in [0.25, 0.3) is 0 Å². The summed E-state index contributed by atoms with van der Waals surface area (Å²) in [7, 11) is 0. The molecule has 0 bridgehead atoms. The number of ether oxygens (including phenoxy) is 1. The summed E-state index contributed by atoms with van der Waals surface area (Å²) in [6.07, 6.45) is 12.7. The monoisotopic (exact) mass is 296 g/mol. The molecule has 1 unspecified atom stereocenters. The van der Waals surface area contributed by atoms with Crippen molar-refractivity contribution in [1.29, 1.82) is 0 Å². The highest BCUT2D eigenvalue weighted by atomic mass is 16.6. The van der Waals surface area contributed by atoms with Crippen LogP contribution in [0.1, 0.15) is 64.2 Å². The van der Waals surface area contributed by atoms with Gasteiger partial charge in [-0.25, -0.2) is 9.59 Å². The molecule has 1 rings (SSSR count). The molecule has 1 aliphatic heterocycles. The van der Waals surface area contributed by atoms with E-state index in [1.165, 1.54) is 44.6 Å². The van der Waals surface area contributed by atoms with E-state index in [4.69, 9.17) is 11.5 Å². The number of unbranched alkanes of at least 4 members (excludes halogenated alkanes) is 8. The van der Waals surface area contributed by atoms with Gasteiger partial charge in [0.15, 0.2) is 0 Å². The maximum Gasteiger partial charge on any atom is 0.343 e. The first-order chi connectivity index (χ1) is 10.1. The first-order valence-electron chi connectivity index (χ1n) is 8.08. The summed E-state index contributed by atoms with van der Waals surface area (Å²) in [6.45, 7) is 0.801. The smallest absolute Gasteiger partial charge is 0.343 e. The van der Waals surface area contributed by atoms with Gasteiger partial charge in [-0.05, 0) is 19.4 Å². The Labute approximate surface area is 127 Å². The average molecular weight is 296 g/mol. The van der Waals surface area contributed by atoms with E-state index in [1.807, 2.05) is 0 Å². The molecule has 1 atom stereocenters. The molecule has 4 N–H and O–H groups in total. The number of nitrogens with two attached hydrogens (primary N) is 2. The molecule has 0 amide bonds. The predicted molar refractivity (Wildman–Crippen MR) is 82.4 cm³/mol. The highest BCUT2D eigenvalue weighted by molar-refractivity contribution is 6.09. The van der Waals surface area contributed by atoms with Crippen LogP contribution in [0, 0.1) is 0 Å². The van der Waals surface area contributed by atoms with Crippen molar-refractivity contribution in [3.05, 3.63) is 11.6 Å². The second-order valence-corrected chi connectivity index (χ2v) is 5.67. The lowest BCUT2D eigenvalue weighted by atomic mass is 10.0. The summed E-state index contributed by atoms with van der Waals surface area (Å²) in [5.41, 5.74) is 11.7. The van der Waals surface area contributed by atoms with Crippen molar-refractivity contribution >= 4 is 11.9 Å². The summed E-state index contributed by atoms with van der Waals surface area (Å²) >= 11 is 0. The van der Waals surface area contributed by atoms with Crippen molar-refractivity contribution in [1.82, 2.24) is 0 Å². The molecule has 0 spiro atoms. The number of carbonyl (C=O) groups excluding carboxylic acids is 2. The fourth-order valence-corrected chi connectivity index (χ4v) is 2.53. The molecule has 1 heterocycles. The Morgan fingerprint density at radius 1 is 0.905 bits per heavy atom. The van der Waals surface area contributed by atoms with Crippen molar-refractivity contribution in [2.75, 3.05) is 6.54 Å². The lowest BCUT2D eigenvalue weighted by molar-refractivity contribution is -0.150. The second-order valence-electron chi connectivity index (χ2n) is 5.67. The maximum absolute atomic E-state index is 11.3. The Hall–Kier alpha value is -1.20. The Kier molecular flexibility index (Phi) is 8.94. The minimum Gasteiger partial charge on any atom is -0.386 e. The Morgan fingerprint density at radius 2 is 1.43 bits per heavy atom. The van der Waals surface area contributed by atoms with Crippen LogP contribution in [-0.4, -0.2) is 24.5 Å². The SMILES string of the molecule is NCCCCCCCCCCCC(N)C1=CC(=O)OC1=O. The fraction of sp³-hybridized carbons (Fsp3) is 0.750. The number of hydrogen-bond acceptors (Lipinski definition) is 5. The summed E-state index contributed by atoms with van der Waals surface area (Å²) < 4.78 is 4.44. The van der Waals surface area contributed by atoms with Crippen molar-refractivity contribution < 1.29 is 14.3 Å². The van der Waals surface area contributed by atoms with Gasteiger partial charge in [-0.3, -0.25) is 0 Å². The van der Waals surface area contributed by atoms with Crippen molar-refractivity contribution in [2.24, 2.45) is 11.5 Å². The molecule has 0 radical (unpaired) electrons. The van der Waals surface area contributed by atoms with Gasteiger partial charge in [0.05, 0.1) is 5.57 Å². The van der Waals surface area contributed by atoms with Gasteiger partial charge in [0.25, 0.3) is 0 Å². The standard InChI is InChI=1S/C16H28N2O3/c17-11-9-7-5-3-1-2-4-6-8-10-14(18)13-12-15(19)21-16(13)20/h12,14H,1-11,17-18H2. The van der Waals surface area contributed by atoms with Gasteiger partial charge in [-0.15, -0.1) is 0 Å². The van der Waals surface area contributed by atoms with E-state index in [0.29, 0.717) is 5.57 Å². The molecule has 0 aromatic heterocycles. The van der Waals surface area contributed by atoms with E-state index in [0.717, 1.165) is 32.2 Å². The van der Waals surface area contributed by atoms with Crippen LogP contribution in [0.4, 0.5) is 0 Å². The molecule has 0 saturated heterocycles. The molecule has 120 valence electrons. The van der Waals surface area contributed by atoms with E-state index >= 15 is 0 Å². The summed E-state index contributed by atoms with van der Waals surface area (Å²) in [5, 5.41) is 0. The van der Waals surface area contributed by atoms with Gasteiger partial charge in [0, 0.05) is 12.1 Å². The van der Waals surface area contributed by atoms with E-state index in [1.54, 1.807) is 0 Å². The highest BCUT2D eigenvalue weighted by Crippen LogP contribution is 2.17. The number of esters is 2. The minimum atomic E-state index is -0.597. The Morgan fingerprint density at radius 3 is 1.90 bits per heavy atom. The van der Waals surface area contributed by atoms with Gasteiger partial charge in [0.1, 0.15) is 0 Å². The second kappa shape index (κ2) is 10.5. The minimum absolute atomic E-state index is 0.319. The third kappa shape index (κ3) is 7.39. The molecule has 0 aromatic carbocycles. The number of carbonyl (C=O) groups is 2. The summed E-state index contributed by atoms with van der Waals surface area (Å²) in [4.78, 5) is 22.2. The molecular weight excluding hydrogens is 268 g/mol. The van der Waals surface area contributed by atoms with Crippen LogP contribution >= 0.6 is 0 Å². The molecule has 0 saturated carbocycles. The van der Waals surface area contributed by atoms with E-state index in [-0.39, 0.29) is 6.04 Å². The quantitative estimate of drug-likeness (QED) is 0.327. The van der Waals surface area contributed by atoms with Crippen LogP contribution in [0.5, 0.6) is 0 Å². The van der Waals surface area contributed by atoms with Gasteiger partial charge in [-0.2, -0.15) is 0 Å². The van der Waals surface area contributed by atoms with Crippen LogP contribution in [-0.2, 0) is 14.3 Å². The number of cyclic esters (lactones) is 2. The molecule has 0 fully saturated rings. The molecule has 1 aliphatic rings. The highest BCUT2D eigenvalue weighted by Gasteiger charge is 2.27.